The van der Waals surface area contributed by atoms with Gasteiger partial charge in [0.15, 0.2) is 0 Å². The van der Waals surface area contributed by atoms with Gasteiger partial charge in [0.1, 0.15) is 24.6 Å². The molecule has 0 saturated carbocycles. The highest BCUT2D eigenvalue weighted by molar-refractivity contribution is 5.91. The molecule has 2 saturated heterocycles. The van der Waals surface area contributed by atoms with E-state index >= 15 is 0 Å². The summed E-state index contributed by atoms with van der Waals surface area (Å²) in [7, 11) is 1.63. The number of allylic oxidation sites excluding steroid dienone is 1. The maximum atomic E-state index is 12.2. The molecule has 7 nitrogen and oxygen atoms in total. The Morgan fingerprint density at radius 2 is 2.09 bits per heavy atom. The van der Waals surface area contributed by atoms with E-state index in [1.807, 2.05) is 24.3 Å². The molecule has 0 radical (unpaired) electrons. The Morgan fingerprint density at radius 1 is 1.31 bits per heavy atom. The number of methoxy groups -OCH3 is 1. The van der Waals surface area contributed by atoms with Crippen molar-refractivity contribution in [3.63, 3.8) is 0 Å². The van der Waals surface area contributed by atoms with Crippen LogP contribution in [0, 0.1) is 5.92 Å². The van der Waals surface area contributed by atoms with Gasteiger partial charge in [-0.1, -0.05) is 24.8 Å². The molecule has 0 aromatic heterocycles. The van der Waals surface area contributed by atoms with Gasteiger partial charge in [0, 0.05) is 18.0 Å². The Morgan fingerprint density at radius 3 is 2.84 bits per heavy atom. The average molecular weight is 442 g/mol. The van der Waals surface area contributed by atoms with E-state index in [0.29, 0.717) is 18.5 Å². The van der Waals surface area contributed by atoms with Crippen LogP contribution < -0.4 is 10.1 Å². The minimum absolute atomic E-state index is 0.0571. The van der Waals surface area contributed by atoms with E-state index in [-0.39, 0.29) is 36.3 Å². The zero-order chi connectivity index (χ0) is 22.7. The van der Waals surface area contributed by atoms with Crippen molar-refractivity contribution in [3.05, 3.63) is 53.6 Å². The molecule has 32 heavy (non-hydrogen) atoms. The van der Waals surface area contributed by atoms with E-state index in [4.69, 9.17) is 18.9 Å². The molecule has 1 aliphatic carbocycles. The number of benzene rings is 1. The summed E-state index contributed by atoms with van der Waals surface area (Å²) >= 11 is 0. The SMILES string of the molecule is C=C1C(=O)O[C@H]2[C@H]1CC/C(COC(=O)NCCc1ccc(OC)cc1)=C\CC[C@@]1(C)O[C@@H]21. The average Bonchev–Trinajstić information content (AvgIpc) is 3.38. The van der Waals surface area contributed by atoms with Crippen molar-refractivity contribution in [2.24, 2.45) is 5.92 Å². The van der Waals surface area contributed by atoms with Crippen molar-refractivity contribution in [1.82, 2.24) is 5.32 Å². The first-order valence-corrected chi connectivity index (χ1v) is 11.2. The van der Waals surface area contributed by atoms with Crippen molar-refractivity contribution < 1.29 is 28.5 Å². The lowest BCUT2D eigenvalue weighted by atomic mass is 9.84. The Hall–Kier alpha value is -2.80. The summed E-state index contributed by atoms with van der Waals surface area (Å²) in [4.78, 5) is 24.2. The molecule has 2 fully saturated rings. The first-order chi connectivity index (χ1) is 15.4. The third-order valence-electron chi connectivity index (χ3n) is 6.67. The number of fused-ring (bicyclic) bond motifs is 3. The number of hydrogen-bond acceptors (Lipinski definition) is 6. The van der Waals surface area contributed by atoms with E-state index in [2.05, 4.69) is 24.9 Å². The van der Waals surface area contributed by atoms with Gasteiger partial charge in [-0.3, -0.25) is 0 Å². The molecule has 0 unspecified atom stereocenters. The molecule has 2 heterocycles. The second-order valence-electron chi connectivity index (χ2n) is 8.89. The highest BCUT2D eigenvalue weighted by atomic mass is 16.6. The van der Waals surface area contributed by atoms with Crippen molar-refractivity contribution in [2.45, 2.75) is 56.8 Å². The van der Waals surface area contributed by atoms with Gasteiger partial charge in [0.2, 0.25) is 0 Å². The monoisotopic (exact) mass is 441 g/mol. The lowest BCUT2D eigenvalue weighted by molar-refractivity contribution is -0.140. The third kappa shape index (κ3) is 4.99. The fourth-order valence-corrected chi connectivity index (χ4v) is 4.56. The van der Waals surface area contributed by atoms with Crippen LogP contribution in [0.4, 0.5) is 4.79 Å². The lowest BCUT2D eigenvalue weighted by Gasteiger charge is -2.20. The molecule has 3 aliphatic rings. The minimum atomic E-state index is -0.435. The number of hydrogen-bond donors (Lipinski definition) is 1. The molecule has 1 amide bonds. The van der Waals surface area contributed by atoms with Crippen LogP contribution in [0.2, 0.25) is 0 Å². The van der Waals surface area contributed by atoms with Gasteiger partial charge in [-0.25, -0.2) is 9.59 Å². The number of epoxide rings is 1. The number of carbonyl (C=O) groups is 2. The largest absolute Gasteiger partial charge is 0.497 e. The fourth-order valence-electron chi connectivity index (χ4n) is 4.56. The van der Waals surface area contributed by atoms with Crippen LogP contribution in [0.25, 0.3) is 0 Å². The molecule has 2 aliphatic heterocycles. The van der Waals surface area contributed by atoms with Crippen LogP contribution >= 0.6 is 0 Å². The molecule has 0 spiro atoms. The van der Waals surface area contributed by atoms with Gasteiger partial charge < -0.3 is 24.3 Å². The Kier molecular flexibility index (Phi) is 6.55. The molecule has 4 atom stereocenters. The second kappa shape index (κ2) is 9.36. The predicted octanol–water partition coefficient (Wildman–Crippen LogP) is 3.72. The normalized spacial score (nSPS) is 30.8. The van der Waals surface area contributed by atoms with Crippen LogP contribution in [0.15, 0.2) is 48.1 Å². The topological polar surface area (TPSA) is 86.4 Å². The highest BCUT2D eigenvalue weighted by Crippen LogP contribution is 2.49. The fraction of sp³-hybridized carbons (Fsp3) is 0.520. The third-order valence-corrected chi connectivity index (χ3v) is 6.67. The number of ether oxygens (including phenoxy) is 4. The van der Waals surface area contributed by atoms with Gasteiger partial charge >= 0.3 is 12.1 Å². The van der Waals surface area contributed by atoms with E-state index in [1.165, 1.54) is 0 Å². The number of carbonyl (C=O) groups excluding carboxylic acids is 2. The van der Waals surface area contributed by atoms with E-state index in [1.54, 1.807) is 7.11 Å². The zero-order valence-electron chi connectivity index (χ0n) is 18.7. The smallest absolute Gasteiger partial charge is 0.407 e. The van der Waals surface area contributed by atoms with Crippen LogP contribution in [0.3, 0.4) is 0 Å². The number of esters is 1. The summed E-state index contributed by atoms with van der Waals surface area (Å²) in [6, 6.07) is 7.75. The first kappa shape index (κ1) is 22.4. The van der Waals surface area contributed by atoms with Gasteiger partial charge in [-0.2, -0.15) is 0 Å². The Labute approximate surface area is 188 Å². The molecule has 7 heteroatoms. The van der Waals surface area contributed by atoms with Crippen molar-refractivity contribution in [3.8, 4) is 5.75 Å². The Bertz CT molecular complexity index is 908. The lowest BCUT2D eigenvalue weighted by Crippen LogP contribution is -2.29. The van der Waals surface area contributed by atoms with E-state index in [0.717, 1.165) is 42.6 Å². The second-order valence-corrected chi connectivity index (χ2v) is 8.89. The number of nitrogens with one attached hydrogen (secondary N) is 1. The predicted molar refractivity (Wildman–Crippen MR) is 118 cm³/mol. The van der Waals surface area contributed by atoms with E-state index in [9.17, 15) is 9.59 Å². The minimum Gasteiger partial charge on any atom is -0.497 e. The molecule has 1 aromatic carbocycles. The maximum absolute atomic E-state index is 12.2. The molecule has 172 valence electrons. The van der Waals surface area contributed by atoms with E-state index < -0.39 is 6.09 Å². The van der Waals surface area contributed by atoms with Crippen molar-refractivity contribution in [1.29, 1.82) is 0 Å². The van der Waals surface area contributed by atoms with Crippen LogP contribution in [0.1, 0.15) is 38.2 Å². The Balaban J connectivity index is 1.26. The summed E-state index contributed by atoms with van der Waals surface area (Å²) in [5, 5.41) is 2.80. The van der Waals surface area contributed by atoms with Crippen molar-refractivity contribution >= 4 is 12.1 Å². The van der Waals surface area contributed by atoms with Crippen LogP contribution in [-0.2, 0) is 25.4 Å². The summed E-state index contributed by atoms with van der Waals surface area (Å²) in [6.07, 6.45) is 5.20. The highest BCUT2D eigenvalue weighted by Gasteiger charge is 2.61. The van der Waals surface area contributed by atoms with Gasteiger partial charge in [-0.05, 0) is 62.3 Å². The molecular weight excluding hydrogens is 410 g/mol. The van der Waals surface area contributed by atoms with Crippen LogP contribution in [0.5, 0.6) is 5.75 Å². The molecule has 4 rings (SSSR count). The van der Waals surface area contributed by atoms with Gasteiger partial charge in [-0.15, -0.1) is 0 Å². The molecule has 1 N–H and O–H groups in total. The first-order valence-electron chi connectivity index (χ1n) is 11.2. The van der Waals surface area contributed by atoms with Gasteiger partial charge in [0.25, 0.3) is 0 Å². The van der Waals surface area contributed by atoms with Crippen molar-refractivity contribution in [2.75, 3.05) is 20.3 Å². The molecular formula is C25H31NO6. The van der Waals surface area contributed by atoms with Crippen LogP contribution in [-0.4, -0.2) is 50.1 Å². The number of alkyl carbamates (subject to hydrolysis) is 1. The number of amides is 1. The maximum Gasteiger partial charge on any atom is 0.407 e. The summed E-state index contributed by atoms with van der Waals surface area (Å²) in [5.74, 6) is 0.422. The summed E-state index contributed by atoms with van der Waals surface area (Å²) in [5.41, 5.74) is 2.40. The summed E-state index contributed by atoms with van der Waals surface area (Å²) in [6.45, 7) is 6.72. The standard InChI is InChI=1S/C25H31NO6/c1-16-20-11-8-18(5-4-13-25(2)22(32-25)21(20)31-23(16)27)15-30-24(28)26-14-12-17-6-9-19(29-3)10-7-17/h5-7,9-10,20-22H,1,4,8,11-15H2,2-3H3,(H,26,28)/b18-5+/t20-,21-,22-,25+/m0/s1. The van der Waals surface area contributed by atoms with Gasteiger partial charge in [0.05, 0.1) is 12.7 Å². The summed E-state index contributed by atoms with van der Waals surface area (Å²) < 4.78 is 22.1. The zero-order valence-corrected chi connectivity index (χ0v) is 18.7. The quantitative estimate of drug-likeness (QED) is 0.313. The molecule has 1 aromatic rings. The number of rotatable bonds is 6. The molecule has 0 bridgehead atoms.